The van der Waals surface area contributed by atoms with Crippen LogP contribution in [0, 0.1) is 0 Å². The van der Waals surface area contributed by atoms with Crippen LogP contribution in [0.2, 0.25) is 0 Å². The number of pyridine rings is 1. The normalized spacial score (nSPS) is 9.69. The zero-order valence-electron chi connectivity index (χ0n) is 9.95. The number of hydrogen-bond acceptors (Lipinski definition) is 4. The summed E-state index contributed by atoms with van der Waals surface area (Å²) in [6, 6.07) is 1.95. The van der Waals surface area contributed by atoms with E-state index < -0.39 is 0 Å². The van der Waals surface area contributed by atoms with Gasteiger partial charge in [-0.15, -0.1) is 0 Å². The van der Waals surface area contributed by atoms with E-state index in [0.717, 1.165) is 11.4 Å². The molecule has 88 valence electrons. The zero-order valence-corrected chi connectivity index (χ0v) is 9.95. The molecule has 0 saturated heterocycles. The molecule has 16 heavy (non-hydrogen) atoms. The van der Waals surface area contributed by atoms with Gasteiger partial charge in [0.05, 0.1) is 23.8 Å². The number of amides is 1. The summed E-state index contributed by atoms with van der Waals surface area (Å²) < 4.78 is 0. The van der Waals surface area contributed by atoms with E-state index in [2.05, 4.69) is 15.6 Å². The predicted molar refractivity (Wildman–Crippen MR) is 65.6 cm³/mol. The van der Waals surface area contributed by atoms with E-state index in [1.54, 1.807) is 31.4 Å². The van der Waals surface area contributed by atoms with Crippen molar-refractivity contribution in [2.24, 2.45) is 0 Å². The fraction of sp³-hybridized carbons (Fsp3) is 0.455. The first-order valence-corrected chi connectivity index (χ1v) is 5.20. The third kappa shape index (κ3) is 3.76. The SMILES string of the molecule is CNc1cncc(NCCC(=O)N(C)C)c1. The van der Waals surface area contributed by atoms with E-state index in [1.807, 2.05) is 13.1 Å². The van der Waals surface area contributed by atoms with Crippen molar-refractivity contribution in [2.75, 3.05) is 38.3 Å². The molecule has 0 spiro atoms. The lowest BCUT2D eigenvalue weighted by Crippen LogP contribution is -2.23. The van der Waals surface area contributed by atoms with Crippen molar-refractivity contribution in [3.63, 3.8) is 0 Å². The molecule has 1 heterocycles. The molecule has 5 nitrogen and oxygen atoms in total. The number of hydrogen-bond donors (Lipinski definition) is 2. The standard InChI is InChI=1S/C11H18N4O/c1-12-9-6-10(8-13-7-9)14-5-4-11(16)15(2)3/h6-8,12,14H,4-5H2,1-3H3. The zero-order chi connectivity index (χ0) is 12.0. The summed E-state index contributed by atoms with van der Waals surface area (Å²) in [5, 5.41) is 6.16. The van der Waals surface area contributed by atoms with E-state index in [0.29, 0.717) is 13.0 Å². The number of carbonyl (C=O) groups is 1. The number of anilines is 2. The molecule has 0 saturated carbocycles. The molecule has 0 fully saturated rings. The topological polar surface area (TPSA) is 57.3 Å². The number of carbonyl (C=O) groups excluding carboxylic acids is 1. The van der Waals surface area contributed by atoms with Crippen LogP contribution >= 0.6 is 0 Å². The Morgan fingerprint density at radius 3 is 2.69 bits per heavy atom. The summed E-state index contributed by atoms with van der Waals surface area (Å²) >= 11 is 0. The van der Waals surface area contributed by atoms with Crippen LogP contribution in [0.4, 0.5) is 11.4 Å². The highest BCUT2D eigenvalue weighted by molar-refractivity contribution is 5.76. The van der Waals surface area contributed by atoms with Crippen molar-refractivity contribution in [1.29, 1.82) is 0 Å². The van der Waals surface area contributed by atoms with E-state index in [-0.39, 0.29) is 5.91 Å². The maximum absolute atomic E-state index is 11.3. The number of nitrogens with one attached hydrogen (secondary N) is 2. The largest absolute Gasteiger partial charge is 0.387 e. The van der Waals surface area contributed by atoms with E-state index in [1.165, 1.54) is 0 Å². The fourth-order valence-corrected chi connectivity index (χ4v) is 1.21. The van der Waals surface area contributed by atoms with Crippen LogP contribution in [0.3, 0.4) is 0 Å². The molecular weight excluding hydrogens is 204 g/mol. The highest BCUT2D eigenvalue weighted by Crippen LogP contribution is 2.11. The molecule has 0 aromatic carbocycles. The van der Waals surface area contributed by atoms with Crippen molar-refractivity contribution < 1.29 is 4.79 Å². The van der Waals surface area contributed by atoms with Gasteiger partial charge >= 0.3 is 0 Å². The highest BCUT2D eigenvalue weighted by atomic mass is 16.2. The van der Waals surface area contributed by atoms with E-state index >= 15 is 0 Å². The number of aromatic nitrogens is 1. The molecular formula is C11H18N4O. The van der Waals surface area contributed by atoms with Gasteiger partial charge in [-0.05, 0) is 6.07 Å². The average Bonchev–Trinajstić information content (AvgIpc) is 2.29. The van der Waals surface area contributed by atoms with Gasteiger partial charge in [-0.2, -0.15) is 0 Å². The van der Waals surface area contributed by atoms with Crippen molar-refractivity contribution in [3.05, 3.63) is 18.5 Å². The minimum Gasteiger partial charge on any atom is -0.387 e. The second kappa shape index (κ2) is 5.95. The molecule has 0 bridgehead atoms. The molecule has 0 aliphatic rings. The Morgan fingerprint density at radius 2 is 2.06 bits per heavy atom. The molecule has 2 N–H and O–H groups in total. The first-order valence-electron chi connectivity index (χ1n) is 5.20. The number of rotatable bonds is 5. The smallest absolute Gasteiger partial charge is 0.223 e. The Kier molecular flexibility index (Phi) is 4.57. The molecule has 0 aliphatic carbocycles. The molecule has 0 radical (unpaired) electrons. The molecule has 1 amide bonds. The number of nitrogens with zero attached hydrogens (tertiary/aromatic N) is 2. The minimum absolute atomic E-state index is 0.116. The van der Waals surface area contributed by atoms with Crippen molar-refractivity contribution in [3.8, 4) is 0 Å². The summed E-state index contributed by atoms with van der Waals surface area (Å²) in [5.74, 6) is 0.116. The van der Waals surface area contributed by atoms with Crippen LogP contribution in [0.25, 0.3) is 0 Å². The lowest BCUT2D eigenvalue weighted by Gasteiger charge is -2.11. The summed E-state index contributed by atoms with van der Waals surface area (Å²) in [4.78, 5) is 17.0. The van der Waals surface area contributed by atoms with Crippen LogP contribution in [0.1, 0.15) is 6.42 Å². The van der Waals surface area contributed by atoms with Gasteiger partial charge in [0.15, 0.2) is 0 Å². The van der Waals surface area contributed by atoms with Gasteiger partial charge in [0.2, 0.25) is 5.91 Å². The molecule has 0 aliphatic heterocycles. The second-order valence-corrected chi connectivity index (χ2v) is 3.68. The Morgan fingerprint density at radius 1 is 1.38 bits per heavy atom. The highest BCUT2D eigenvalue weighted by Gasteiger charge is 2.02. The minimum atomic E-state index is 0.116. The Bertz CT molecular complexity index is 352. The first kappa shape index (κ1) is 12.3. The summed E-state index contributed by atoms with van der Waals surface area (Å²) in [5.41, 5.74) is 1.86. The van der Waals surface area contributed by atoms with Gasteiger partial charge in [-0.25, -0.2) is 0 Å². The van der Waals surface area contributed by atoms with Gasteiger partial charge < -0.3 is 15.5 Å². The maximum Gasteiger partial charge on any atom is 0.223 e. The summed E-state index contributed by atoms with van der Waals surface area (Å²) in [7, 11) is 5.35. The van der Waals surface area contributed by atoms with Crippen LogP contribution in [0.5, 0.6) is 0 Å². The third-order valence-corrected chi connectivity index (χ3v) is 2.19. The van der Waals surface area contributed by atoms with Crippen LogP contribution < -0.4 is 10.6 Å². The average molecular weight is 222 g/mol. The van der Waals surface area contributed by atoms with Crippen LogP contribution in [0.15, 0.2) is 18.5 Å². The van der Waals surface area contributed by atoms with Gasteiger partial charge in [-0.3, -0.25) is 9.78 Å². The van der Waals surface area contributed by atoms with Gasteiger partial charge in [0, 0.05) is 34.1 Å². The molecule has 1 rings (SSSR count). The Balaban J connectivity index is 2.40. The van der Waals surface area contributed by atoms with Crippen molar-refractivity contribution >= 4 is 17.3 Å². The van der Waals surface area contributed by atoms with Crippen LogP contribution in [-0.4, -0.2) is 43.5 Å². The molecule has 0 atom stereocenters. The molecule has 1 aromatic rings. The fourth-order valence-electron chi connectivity index (χ4n) is 1.21. The van der Waals surface area contributed by atoms with Gasteiger partial charge in [-0.1, -0.05) is 0 Å². The van der Waals surface area contributed by atoms with E-state index in [9.17, 15) is 4.79 Å². The summed E-state index contributed by atoms with van der Waals surface area (Å²) in [6.45, 7) is 0.617. The van der Waals surface area contributed by atoms with Crippen molar-refractivity contribution in [2.45, 2.75) is 6.42 Å². The summed E-state index contributed by atoms with van der Waals surface area (Å²) in [6.07, 6.45) is 3.97. The lowest BCUT2D eigenvalue weighted by molar-refractivity contribution is -0.128. The molecule has 0 unspecified atom stereocenters. The quantitative estimate of drug-likeness (QED) is 0.780. The van der Waals surface area contributed by atoms with Crippen LogP contribution in [-0.2, 0) is 4.79 Å². The van der Waals surface area contributed by atoms with Gasteiger partial charge in [0.1, 0.15) is 0 Å². The Hall–Kier alpha value is -1.78. The molecule has 5 heteroatoms. The Labute approximate surface area is 95.9 Å². The monoisotopic (exact) mass is 222 g/mol. The van der Waals surface area contributed by atoms with Crippen molar-refractivity contribution in [1.82, 2.24) is 9.88 Å². The lowest BCUT2D eigenvalue weighted by atomic mass is 10.3. The van der Waals surface area contributed by atoms with E-state index in [4.69, 9.17) is 0 Å². The first-order chi connectivity index (χ1) is 7.63. The third-order valence-electron chi connectivity index (χ3n) is 2.19. The van der Waals surface area contributed by atoms with Gasteiger partial charge in [0.25, 0.3) is 0 Å². The maximum atomic E-state index is 11.3. The molecule has 1 aromatic heterocycles. The second-order valence-electron chi connectivity index (χ2n) is 3.68. The predicted octanol–water partition coefficient (Wildman–Crippen LogP) is 1.01.